The molecular formula is C14H26N4O2. The van der Waals surface area contributed by atoms with Crippen molar-refractivity contribution in [2.24, 2.45) is 7.05 Å². The van der Waals surface area contributed by atoms with Crippen LogP contribution in [-0.2, 0) is 11.8 Å². The van der Waals surface area contributed by atoms with Crippen molar-refractivity contribution in [3.63, 3.8) is 0 Å². The molecule has 2 rings (SSSR count). The van der Waals surface area contributed by atoms with Gasteiger partial charge < -0.3 is 19.7 Å². The van der Waals surface area contributed by atoms with Crippen LogP contribution < -0.4 is 5.32 Å². The molecule has 20 heavy (non-hydrogen) atoms. The van der Waals surface area contributed by atoms with Crippen LogP contribution in [0.1, 0.15) is 25.6 Å². The van der Waals surface area contributed by atoms with Crippen molar-refractivity contribution in [1.82, 2.24) is 19.8 Å². The predicted octanol–water partition coefficient (Wildman–Crippen LogP) is 0.152. The average molecular weight is 282 g/mol. The third-order valence-corrected chi connectivity index (χ3v) is 4.34. The van der Waals surface area contributed by atoms with Crippen molar-refractivity contribution in [3.8, 4) is 0 Å². The molecule has 0 radical (unpaired) electrons. The minimum atomic E-state index is -0.360. The zero-order chi connectivity index (χ0) is 14.8. The molecule has 0 spiro atoms. The number of likely N-dealkylation sites (N-methyl/N-ethyl adjacent to an activating group) is 1. The Morgan fingerprint density at radius 3 is 2.95 bits per heavy atom. The van der Waals surface area contributed by atoms with E-state index in [-0.39, 0.29) is 18.2 Å². The number of nitrogens with one attached hydrogen (secondary N) is 1. The van der Waals surface area contributed by atoms with Crippen molar-refractivity contribution in [1.29, 1.82) is 0 Å². The molecule has 1 aliphatic rings. The second-order valence-corrected chi connectivity index (χ2v) is 5.92. The lowest BCUT2D eigenvalue weighted by molar-refractivity contribution is -0.106. The highest BCUT2D eigenvalue weighted by atomic mass is 16.5. The van der Waals surface area contributed by atoms with Gasteiger partial charge in [-0.2, -0.15) is 0 Å². The van der Waals surface area contributed by atoms with E-state index in [1.54, 1.807) is 6.33 Å². The highest BCUT2D eigenvalue weighted by Gasteiger charge is 2.40. The summed E-state index contributed by atoms with van der Waals surface area (Å²) in [6, 6.07) is 0.452. The van der Waals surface area contributed by atoms with Gasteiger partial charge >= 0.3 is 0 Å². The fourth-order valence-corrected chi connectivity index (χ4v) is 2.59. The molecule has 114 valence electrons. The van der Waals surface area contributed by atoms with E-state index in [0.717, 1.165) is 5.69 Å². The fraction of sp³-hybridized carbons (Fsp3) is 0.786. The lowest BCUT2D eigenvalue weighted by atomic mass is 9.95. The number of ether oxygens (including phenoxy) is 1. The number of aromatic nitrogens is 2. The molecule has 6 heteroatoms. The first-order valence-electron chi connectivity index (χ1n) is 7.11. The van der Waals surface area contributed by atoms with E-state index >= 15 is 0 Å². The number of nitrogens with zero attached hydrogens (tertiary/aromatic N) is 3. The summed E-state index contributed by atoms with van der Waals surface area (Å²) in [7, 11) is 4.01. The molecule has 1 aliphatic heterocycles. The maximum absolute atomic E-state index is 9.84. The number of aryl methyl sites for hydroxylation is 1. The Morgan fingerprint density at radius 2 is 2.35 bits per heavy atom. The first-order chi connectivity index (χ1) is 9.48. The van der Waals surface area contributed by atoms with Crippen molar-refractivity contribution in [2.75, 3.05) is 33.4 Å². The van der Waals surface area contributed by atoms with Gasteiger partial charge in [0.15, 0.2) is 0 Å². The zero-order valence-corrected chi connectivity index (χ0v) is 12.8. The van der Waals surface area contributed by atoms with Gasteiger partial charge in [0, 0.05) is 31.9 Å². The molecular weight excluding hydrogens is 256 g/mol. The Morgan fingerprint density at radius 1 is 1.60 bits per heavy atom. The van der Waals surface area contributed by atoms with Gasteiger partial charge in [0.05, 0.1) is 37.4 Å². The van der Waals surface area contributed by atoms with Gasteiger partial charge in [0.2, 0.25) is 0 Å². The molecule has 0 aliphatic carbocycles. The van der Waals surface area contributed by atoms with Gasteiger partial charge in [-0.3, -0.25) is 4.90 Å². The number of imidazole rings is 1. The number of hydrogen-bond acceptors (Lipinski definition) is 5. The maximum Gasteiger partial charge on any atom is 0.0947 e. The van der Waals surface area contributed by atoms with E-state index < -0.39 is 0 Å². The van der Waals surface area contributed by atoms with Crippen LogP contribution in [0.5, 0.6) is 0 Å². The third kappa shape index (κ3) is 3.03. The SMILES string of the molecule is CC(NC[C@]1(CO)COC[C@@H](C)N1C)c1cn(C)cn1. The number of morpholine rings is 1. The molecule has 0 bridgehead atoms. The minimum Gasteiger partial charge on any atom is -0.394 e. The van der Waals surface area contributed by atoms with Gasteiger partial charge in [0.25, 0.3) is 0 Å². The molecule has 0 aromatic carbocycles. The molecule has 1 unspecified atom stereocenters. The standard InChI is InChI=1S/C14H26N4O2/c1-11-6-20-9-14(8-19,18(11)4)7-15-12(2)13-5-17(3)10-16-13/h5,10-12,15,19H,6-9H2,1-4H3/t11-,12?,14+/m1/s1. The van der Waals surface area contributed by atoms with Crippen LogP contribution >= 0.6 is 0 Å². The minimum absolute atomic E-state index is 0.0791. The molecule has 1 fully saturated rings. The van der Waals surface area contributed by atoms with Gasteiger partial charge in [-0.05, 0) is 20.9 Å². The number of aliphatic hydroxyl groups is 1. The first kappa shape index (κ1) is 15.4. The molecule has 1 saturated heterocycles. The first-order valence-corrected chi connectivity index (χ1v) is 7.11. The van der Waals surface area contributed by atoms with E-state index in [1.165, 1.54) is 0 Å². The Balaban J connectivity index is 1.99. The van der Waals surface area contributed by atoms with Gasteiger partial charge in [-0.1, -0.05) is 0 Å². The average Bonchev–Trinajstić information content (AvgIpc) is 2.87. The van der Waals surface area contributed by atoms with E-state index in [2.05, 4.69) is 36.1 Å². The second-order valence-electron chi connectivity index (χ2n) is 5.92. The summed E-state index contributed by atoms with van der Waals surface area (Å²) < 4.78 is 7.58. The summed E-state index contributed by atoms with van der Waals surface area (Å²) in [6.07, 6.45) is 3.81. The van der Waals surface area contributed by atoms with Crippen LogP contribution in [0, 0.1) is 0 Å². The topological polar surface area (TPSA) is 62.5 Å². The van der Waals surface area contributed by atoms with Crippen LogP contribution in [0.2, 0.25) is 0 Å². The monoisotopic (exact) mass is 282 g/mol. The normalized spacial score (nSPS) is 29.6. The fourth-order valence-electron chi connectivity index (χ4n) is 2.59. The Hall–Kier alpha value is -0.950. The van der Waals surface area contributed by atoms with E-state index in [1.807, 2.05) is 17.8 Å². The molecule has 1 aromatic heterocycles. The number of aliphatic hydroxyl groups excluding tert-OH is 1. The van der Waals surface area contributed by atoms with Crippen LogP contribution in [-0.4, -0.2) is 64.6 Å². The zero-order valence-electron chi connectivity index (χ0n) is 12.8. The van der Waals surface area contributed by atoms with Crippen LogP contribution in [0.4, 0.5) is 0 Å². The third-order valence-electron chi connectivity index (χ3n) is 4.34. The van der Waals surface area contributed by atoms with Gasteiger partial charge in [-0.15, -0.1) is 0 Å². The number of hydrogen-bond donors (Lipinski definition) is 2. The molecule has 6 nitrogen and oxygen atoms in total. The van der Waals surface area contributed by atoms with E-state index in [0.29, 0.717) is 25.8 Å². The number of rotatable bonds is 5. The maximum atomic E-state index is 9.84. The molecule has 1 aromatic rings. The molecule has 0 saturated carbocycles. The lowest BCUT2D eigenvalue weighted by Crippen LogP contribution is -2.65. The summed E-state index contributed by atoms with van der Waals surface area (Å²) in [6.45, 7) is 6.21. The summed E-state index contributed by atoms with van der Waals surface area (Å²) in [4.78, 5) is 6.57. The summed E-state index contributed by atoms with van der Waals surface area (Å²) >= 11 is 0. The van der Waals surface area contributed by atoms with E-state index in [9.17, 15) is 5.11 Å². The molecule has 2 N–H and O–H groups in total. The Kier molecular flexibility index (Phi) is 4.80. The quantitative estimate of drug-likeness (QED) is 0.805. The van der Waals surface area contributed by atoms with Crippen LogP contribution in [0.3, 0.4) is 0 Å². The van der Waals surface area contributed by atoms with Gasteiger partial charge in [0.1, 0.15) is 0 Å². The Labute approximate surface area is 120 Å². The summed E-state index contributed by atoms with van der Waals surface area (Å²) in [5, 5.41) is 13.3. The van der Waals surface area contributed by atoms with Crippen molar-refractivity contribution < 1.29 is 9.84 Å². The lowest BCUT2D eigenvalue weighted by Gasteiger charge is -2.47. The molecule has 3 atom stereocenters. The van der Waals surface area contributed by atoms with Gasteiger partial charge in [-0.25, -0.2) is 4.98 Å². The largest absolute Gasteiger partial charge is 0.394 e. The predicted molar refractivity (Wildman–Crippen MR) is 77.5 cm³/mol. The van der Waals surface area contributed by atoms with Crippen molar-refractivity contribution >= 4 is 0 Å². The van der Waals surface area contributed by atoms with Crippen LogP contribution in [0.25, 0.3) is 0 Å². The summed E-state index contributed by atoms with van der Waals surface area (Å²) in [5.41, 5.74) is 0.647. The molecule has 2 heterocycles. The highest BCUT2D eigenvalue weighted by molar-refractivity contribution is 5.04. The molecule has 0 amide bonds. The summed E-state index contributed by atoms with van der Waals surface area (Å²) in [5.74, 6) is 0. The smallest absolute Gasteiger partial charge is 0.0947 e. The highest BCUT2D eigenvalue weighted by Crippen LogP contribution is 2.22. The Bertz CT molecular complexity index is 437. The van der Waals surface area contributed by atoms with Crippen LogP contribution in [0.15, 0.2) is 12.5 Å². The second kappa shape index (κ2) is 6.22. The van der Waals surface area contributed by atoms with Crippen molar-refractivity contribution in [2.45, 2.75) is 31.5 Å². The van der Waals surface area contributed by atoms with Crippen molar-refractivity contribution in [3.05, 3.63) is 18.2 Å². The van der Waals surface area contributed by atoms with E-state index in [4.69, 9.17) is 4.74 Å².